The maximum atomic E-state index is 5.05. The predicted molar refractivity (Wildman–Crippen MR) is 190 cm³/mol. The molecular formula is C41H28N6. The van der Waals surface area contributed by atoms with E-state index in [0.29, 0.717) is 0 Å². The van der Waals surface area contributed by atoms with Crippen molar-refractivity contribution >= 4 is 32.8 Å². The van der Waals surface area contributed by atoms with Gasteiger partial charge in [-0.05, 0) is 66.2 Å². The first-order chi connectivity index (χ1) is 23.2. The van der Waals surface area contributed by atoms with Crippen molar-refractivity contribution in [2.24, 2.45) is 7.05 Å². The van der Waals surface area contributed by atoms with Crippen LogP contribution in [0.25, 0.3) is 83.4 Å². The first-order valence-electron chi connectivity index (χ1n) is 15.6. The molecule has 0 amide bonds. The summed E-state index contributed by atoms with van der Waals surface area (Å²) in [4.78, 5) is 18.6. The van der Waals surface area contributed by atoms with Crippen molar-refractivity contribution in [3.8, 4) is 50.6 Å². The average Bonchev–Trinajstić information content (AvgIpc) is 3.66. The fourth-order valence-electron chi connectivity index (χ4n) is 6.71. The largest absolute Gasteiger partial charge is 0.327 e. The van der Waals surface area contributed by atoms with Crippen LogP contribution in [0.15, 0.2) is 152 Å². The maximum absolute atomic E-state index is 5.05. The highest BCUT2D eigenvalue weighted by atomic mass is 15.1. The van der Waals surface area contributed by atoms with Gasteiger partial charge in [-0.15, -0.1) is 0 Å². The van der Waals surface area contributed by atoms with Gasteiger partial charge in [0.1, 0.15) is 5.82 Å². The van der Waals surface area contributed by atoms with Gasteiger partial charge in [-0.1, -0.05) is 60.7 Å². The second-order valence-electron chi connectivity index (χ2n) is 11.7. The summed E-state index contributed by atoms with van der Waals surface area (Å²) in [7, 11) is 2.08. The molecule has 47 heavy (non-hydrogen) atoms. The molecule has 5 heterocycles. The molecule has 222 valence electrons. The second kappa shape index (κ2) is 10.9. The Hall–Kier alpha value is -6.40. The van der Waals surface area contributed by atoms with Crippen LogP contribution >= 0.6 is 0 Å². The van der Waals surface area contributed by atoms with Gasteiger partial charge in [0.15, 0.2) is 0 Å². The summed E-state index contributed by atoms with van der Waals surface area (Å²) < 4.78 is 4.56. The van der Waals surface area contributed by atoms with Gasteiger partial charge in [-0.3, -0.25) is 15.0 Å². The molecule has 4 aromatic carbocycles. The molecule has 5 aromatic heterocycles. The van der Waals surface area contributed by atoms with Crippen LogP contribution in [-0.2, 0) is 7.05 Å². The number of hydrogen-bond acceptors (Lipinski definition) is 4. The minimum Gasteiger partial charge on any atom is -0.327 e. The van der Waals surface area contributed by atoms with Crippen molar-refractivity contribution in [3.63, 3.8) is 0 Å². The Balaban J connectivity index is 1.37. The topological polar surface area (TPSA) is 61.4 Å². The van der Waals surface area contributed by atoms with Crippen LogP contribution in [0, 0.1) is 0 Å². The monoisotopic (exact) mass is 604 g/mol. The molecule has 0 aliphatic rings. The number of imidazole rings is 1. The number of rotatable bonds is 5. The van der Waals surface area contributed by atoms with Crippen LogP contribution in [0.1, 0.15) is 0 Å². The van der Waals surface area contributed by atoms with Crippen LogP contribution < -0.4 is 0 Å². The molecule has 0 fully saturated rings. The number of fused-ring (bicyclic) bond motifs is 4. The first-order valence-corrected chi connectivity index (χ1v) is 15.6. The van der Waals surface area contributed by atoms with Crippen LogP contribution in [0.4, 0.5) is 0 Å². The highest BCUT2D eigenvalue weighted by Gasteiger charge is 2.20. The Morgan fingerprint density at radius 2 is 1.30 bits per heavy atom. The fraction of sp³-hybridized carbons (Fsp3) is 0.0244. The lowest BCUT2D eigenvalue weighted by molar-refractivity contribution is 0.959. The third-order valence-corrected chi connectivity index (χ3v) is 8.98. The number of aryl methyl sites for hydroxylation is 1. The van der Waals surface area contributed by atoms with Crippen molar-refractivity contribution in [1.82, 2.24) is 29.1 Å². The first kappa shape index (κ1) is 27.0. The normalized spacial score (nSPS) is 11.5. The van der Waals surface area contributed by atoms with Crippen LogP contribution in [0.2, 0.25) is 0 Å². The lowest BCUT2D eigenvalue weighted by atomic mass is 10.0. The lowest BCUT2D eigenvalue weighted by Gasteiger charge is -2.16. The molecule has 0 aliphatic heterocycles. The molecule has 0 saturated heterocycles. The van der Waals surface area contributed by atoms with E-state index in [4.69, 9.17) is 4.98 Å². The molecule has 0 spiro atoms. The van der Waals surface area contributed by atoms with E-state index in [2.05, 4.69) is 122 Å². The molecule has 9 aromatic rings. The zero-order valence-electron chi connectivity index (χ0n) is 25.6. The molecule has 9 rings (SSSR count). The quantitative estimate of drug-likeness (QED) is 0.196. The van der Waals surface area contributed by atoms with Gasteiger partial charge in [0.2, 0.25) is 0 Å². The Morgan fingerprint density at radius 3 is 2.09 bits per heavy atom. The number of para-hydroxylation sites is 2. The van der Waals surface area contributed by atoms with E-state index < -0.39 is 0 Å². The fourth-order valence-corrected chi connectivity index (χ4v) is 6.71. The van der Waals surface area contributed by atoms with E-state index in [-0.39, 0.29) is 0 Å². The molecular weight excluding hydrogens is 576 g/mol. The zero-order valence-corrected chi connectivity index (χ0v) is 25.6. The van der Waals surface area contributed by atoms with Gasteiger partial charge in [0.25, 0.3) is 0 Å². The Bertz CT molecular complexity index is 2570. The Morgan fingerprint density at radius 1 is 0.511 bits per heavy atom. The summed E-state index contributed by atoms with van der Waals surface area (Å²) in [6, 6.07) is 42.5. The summed E-state index contributed by atoms with van der Waals surface area (Å²) in [6.07, 6.45) is 9.31. The Labute approximate surface area is 271 Å². The summed E-state index contributed by atoms with van der Waals surface area (Å²) >= 11 is 0. The SMILES string of the molecule is Cn1c(-c2ccc3c4cc(-c5cccnc5)ccc4n(-c4cc(-c5ccccn5)ccc4-c4cccnc4)c3c2)nc2ccccc21. The van der Waals surface area contributed by atoms with E-state index in [1.165, 1.54) is 5.39 Å². The summed E-state index contributed by atoms with van der Waals surface area (Å²) in [6.45, 7) is 0. The molecule has 0 atom stereocenters. The summed E-state index contributed by atoms with van der Waals surface area (Å²) in [5.74, 6) is 0.927. The molecule has 0 aliphatic carbocycles. The van der Waals surface area contributed by atoms with E-state index in [0.717, 1.165) is 78.0 Å². The van der Waals surface area contributed by atoms with Crippen LogP contribution in [0.5, 0.6) is 0 Å². The number of hydrogen-bond donors (Lipinski definition) is 0. The molecule has 0 unspecified atom stereocenters. The highest BCUT2D eigenvalue weighted by molar-refractivity contribution is 6.12. The predicted octanol–water partition coefficient (Wildman–Crippen LogP) is 9.52. The number of pyridine rings is 3. The molecule has 0 radical (unpaired) electrons. The maximum Gasteiger partial charge on any atom is 0.140 e. The van der Waals surface area contributed by atoms with E-state index in [1.807, 2.05) is 61.3 Å². The van der Waals surface area contributed by atoms with Gasteiger partial charge in [-0.2, -0.15) is 0 Å². The van der Waals surface area contributed by atoms with Gasteiger partial charge >= 0.3 is 0 Å². The summed E-state index contributed by atoms with van der Waals surface area (Å²) in [5.41, 5.74) is 12.7. The van der Waals surface area contributed by atoms with Crippen molar-refractivity contribution in [2.75, 3.05) is 0 Å². The highest BCUT2D eigenvalue weighted by Crippen LogP contribution is 2.40. The molecule has 6 nitrogen and oxygen atoms in total. The number of nitrogens with zero attached hydrogens (tertiary/aromatic N) is 6. The van der Waals surface area contributed by atoms with E-state index in [9.17, 15) is 0 Å². The third kappa shape index (κ3) is 4.50. The van der Waals surface area contributed by atoms with Crippen molar-refractivity contribution in [2.45, 2.75) is 0 Å². The molecule has 0 saturated carbocycles. The zero-order chi connectivity index (χ0) is 31.3. The van der Waals surface area contributed by atoms with Gasteiger partial charge in [-0.25, -0.2) is 4.98 Å². The standard InChI is InChI=1S/C41H28N6/c1-46-38-12-3-2-11-36(38)45-41(46)29-14-17-33-34-22-27(30-8-6-19-42-25-30)15-18-37(34)47(40(33)24-29)39-23-28(35-10-4-5-21-44-35)13-16-32(39)31-9-7-20-43-26-31/h2-26H,1H3. The molecule has 0 bridgehead atoms. The van der Waals surface area contributed by atoms with E-state index in [1.54, 1.807) is 0 Å². The Kier molecular flexibility index (Phi) is 6.25. The second-order valence-corrected chi connectivity index (χ2v) is 11.7. The minimum atomic E-state index is 0.923. The van der Waals surface area contributed by atoms with Crippen molar-refractivity contribution in [1.29, 1.82) is 0 Å². The smallest absolute Gasteiger partial charge is 0.140 e. The van der Waals surface area contributed by atoms with Crippen molar-refractivity contribution in [3.05, 3.63) is 152 Å². The lowest BCUT2D eigenvalue weighted by Crippen LogP contribution is -1.99. The van der Waals surface area contributed by atoms with Crippen LogP contribution in [0.3, 0.4) is 0 Å². The average molecular weight is 605 g/mol. The van der Waals surface area contributed by atoms with E-state index >= 15 is 0 Å². The van der Waals surface area contributed by atoms with Gasteiger partial charge in [0, 0.05) is 76.6 Å². The number of aromatic nitrogens is 6. The summed E-state index contributed by atoms with van der Waals surface area (Å²) in [5, 5.41) is 2.33. The van der Waals surface area contributed by atoms with Gasteiger partial charge < -0.3 is 9.13 Å². The van der Waals surface area contributed by atoms with Crippen LogP contribution in [-0.4, -0.2) is 29.1 Å². The van der Waals surface area contributed by atoms with Gasteiger partial charge in [0.05, 0.1) is 33.4 Å². The van der Waals surface area contributed by atoms with Crippen molar-refractivity contribution < 1.29 is 0 Å². The third-order valence-electron chi connectivity index (χ3n) is 8.98. The molecule has 0 N–H and O–H groups in total. The minimum absolute atomic E-state index is 0.923. The number of benzene rings is 4. The molecule has 6 heteroatoms.